The van der Waals surface area contributed by atoms with Gasteiger partial charge in [-0.25, -0.2) is 13.6 Å². The minimum Gasteiger partial charge on any atom is -0.478 e. The number of rotatable bonds is 3. The van der Waals surface area contributed by atoms with E-state index >= 15 is 0 Å². The van der Waals surface area contributed by atoms with Crippen LogP contribution in [0.15, 0.2) is 12.3 Å². The van der Waals surface area contributed by atoms with E-state index in [2.05, 4.69) is 5.10 Å². The molecular formula is C8H8F2N2O2. The van der Waals surface area contributed by atoms with E-state index in [0.717, 1.165) is 12.2 Å². The molecule has 0 saturated carbocycles. The second-order valence-electron chi connectivity index (χ2n) is 2.62. The van der Waals surface area contributed by atoms with E-state index < -0.39 is 18.1 Å². The molecule has 0 aliphatic rings. The van der Waals surface area contributed by atoms with E-state index in [9.17, 15) is 13.6 Å². The number of carbonyl (C=O) groups is 1. The molecule has 1 aromatic rings. The van der Waals surface area contributed by atoms with Crippen LogP contribution in [0.1, 0.15) is 17.7 Å². The van der Waals surface area contributed by atoms with Crippen molar-refractivity contribution in [3.63, 3.8) is 0 Å². The summed E-state index contributed by atoms with van der Waals surface area (Å²) in [5.41, 5.74) is -0.296. The minimum atomic E-state index is -2.70. The largest absolute Gasteiger partial charge is 0.478 e. The number of hydrogen-bond donors (Lipinski definition) is 1. The molecule has 0 spiro atoms. The lowest BCUT2D eigenvalue weighted by Gasteiger charge is -1.93. The Kier molecular flexibility index (Phi) is 2.95. The molecule has 0 saturated heterocycles. The highest BCUT2D eigenvalue weighted by Crippen LogP contribution is 2.21. The first-order valence-corrected chi connectivity index (χ1v) is 3.73. The average Bonchev–Trinajstić information content (AvgIpc) is 2.43. The van der Waals surface area contributed by atoms with Crippen LogP contribution in [0.4, 0.5) is 8.78 Å². The number of aryl methyl sites for hydroxylation is 1. The molecule has 0 aliphatic carbocycles. The topological polar surface area (TPSA) is 55.1 Å². The fourth-order valence-corrected chi connectivity index (χ4v) is 0.983. The second-order valence-corrected chi connectivity index (χ2v) is 2.62. The summed E-state index contributed by atoms with van der Waals surface area (Å²) in [7, 11) is 1.49. The van der Waals surface area contributed by atoms with Crippen LogP contribution in [0.2, 0.25) is 0 Å². The smallest absolute Gasteiger partial charge is 0.328 e. The van der Waals surface area contributed by atoms with Crippen LogP contribution in [-0.2, 0) is 11.8 Å². The molecule has 0 amide bonds. The van der Waals surface area contributed by atoms with Gasteiger partial charge in [-0.15, -0.1) is 0 Å². The summed E-state index contributed by atoms with van der Waals surface area (Å²) >= 11 is 0. The Labute approximate surface area is 78.5 Å². The molecule has 14 heavy (non-hydrogen) atoms. The third-order valence-corrected chi connectivity index (χ3v) is 1.50. The Morgan fingerprint density at radius 1 is 1.71 bits per heavy atom. The lowest BCUT2D eigenvalue weighted by molar-refractivity contribution is -0.131. The van der Waals surface area contributed by atoms with Crippen LogP contribution in [0.3, 0.4) is 0 Å². The fraction of sp³-hybridized carbons (Fsp3) is 0.250. The number of halogens is 2. The van der Waals surface area contributed by atoms with E-state index in [4.69, 9.17) is 5.11 Å². The zero-order valence-corrected chi connectivity index (χ0v) is 7.32. The van der Waals surface area contributed by atoms with Gasteiger partial charge in [0.15, 0.2) is 0 Å². The maximum atomic E-state index is 12.3. The molecular weight excluding hydrogens is 194 g/mol. The van der Waals surface area contributed by atoms with Crippen molar-refractivity contribution in [1.82, 2.24) is 9.78 Å². The van der Waals surface area contributed by atoms with Crippen molar-refractivity contribution in [1.29, 1.82) is 0 Å². The van der Waals surface area contributed by atoms with Gasteiger partial charge in [-0.1, -0.05) is 0 Å². The predicted molar refractivity (Wildman–Crippen MR) is 44.8 cm³/mol. The first-order chi connectivity index (χ1) is 6.50. The van der Waals surface area contributed by atoms with Crippen molar-refractivity contribution in [2.24, 2.45) is 7.05 Å². The summed E-state index contributed by atoms with van der Waals surface area (Å²) in [6.45, 7) is 0. The molecule has 0 atom stereocenters. The monoisotopic (exact) mass is 202 g/mol. The van der Waals surface area contributed by atoms with E-state index in [1.807, 2.05) is 0 Å². The molecule has 0 fully saturated rings. The summed E-state index contributed by atoms with van der Waals surface area (Å²) in [5, 5.41) is 11.8. The van der Waals surface area contributed by atoms with E-state index in [1.54, 1.807) is 0 Å². The van der Waals surface area contributed by atoms with Crippen molar-refractivity contribution in [2.45, 2.75) is 6.43 Å². The molecule has 1 heterocycles. The molecule has 4 nitrogen and oxygen atoms in total. The van der Waals surface area contributed by atoms with Crippen LogP contribution in [0.25, 0.3) is 6.08 Å². The van der Waals surface area contributed by atoms with Gasteiger partial charge in [-0.3, -0.25) is 4.68 Å². The first kappa shape index (κ1) is 10.4. The Morgan fingerprint density at radius 2 is 2.36 bits per heavy atom. The lowest BCUT2D eigenvalue weighted by atomic mass is 10.2. The van der Waals surface area contributed by atoms with Gasteiger partial charge < -0.3 is 5.11 Å². The lowest BCUT2D eigenvalue weighted by Crippen LogP contribution is -1.91. The zero-order valence-electron chi connectivity index (χ0n) is 7.32. The molecule has 1 aromatic heterocycles. The van der Waals surface area contributed by atoms with Gasteiger partial charge in [-0.2, -0.15) is 5.10 Å². The fourth-order valence-electron chi connectivity index (χ4n) is 0.983. The summed E-state index contributed by atoms with van der Waals surface area (Å²) in [6.07, 6.45) is 0.519. The average molecular weight is 202 g/mol. The van der Waals surface area contributed by atoms with Crippen molar-refractivity contribution in [3.8, 4) is 0 Å². The normalized spacial score (nSPS) is 11.4. The highest BCUT2D eigenvalue weighted by atomic mass is 19.3. The van der Waals surface area contributed by atoms with Gasteiger partial charge in [0, 0.05) is 24.9 Å². The van der Waals surface area contributed by atoms with Crippen LogP contribution in [0, 0.1) is 0 Å². The summed E-state index contributed by atoms with van der Waals surface area (Å²) in [5.74, 6) is -1.19. The Morgan fingerprint density at radius 3 is 2.86 bits per heavy atom. The first-order valence-electron chi connectivity index (χ1n) is 3.73. The van der Waals surface area contributed by atoms with Crippen LogP contribution in [0.5, 0.6) is 0 Å². The maximum Gasteiger partial charge on any atom is 0.328 e. The van der Waals surface area contributed by atoms with Gasteiger partial charge in [0.1, 0.15) is 5.69 Å². The number of carboxylic acid groups (broad SMARTS) is 1. The van der Waals surface area contributed by atoms with Gasteiger partial charge in [0.25, 0.3) is 6.43 Å². The molecule has 1 rings (SSSR count). The number of aromatic nitrogens is 2. The molecule has 0 bridgehead atoms. The molecule has 0 aliphatic heterocycles. The molecule has 0 unspecified atom stereocenters. The van der Waals surface area contributed by atoms with Gasteiger partial charge >= 0.3 is 5.97 Å². The maximum absolute atomic E-state index is 12.3. The number of hydrogen-bond acceptors (Lipinski definition) is 2. The molecule has 0 radical (unpaired) electrons. The Bertz CT molecular complexity index is 371. The SMILES string of the molecule is Cn1cc(/C=C/C(=O)O)c(C(F)F)n1. The molecule has 76 valence electrons. The van der Waals surface area contributed by atoms with Crippen LogP contribution < -0.4 is 0 Å². The van der Waals surface area contributed by atoms with Crippen LogP contribution in [-0.4, -0.2) is 20.9 Å². The van der Waals surface area contributed by atoms with Gasteiger partial charge in [0.05, 0.1) is 0 Å². The summed E-state index contributed by atoms with van der Waals surface area (Å²) < 4.78 is 25.8. The summed E-state index contributed by atoms with van der Waals surface area (Å²) in [6, 6.07) is 0. The van der Waals surface area contributed by atoms with Crippen molar-refractivity contribution in [2.75, 3.05) is 0 Å². The number of aliphatic carboxylic acids is 1. The third-order valence-electron chi connectivity index (χ3n) is 1.50. The van der Waals surface area contributed by atoms with E-state index in [-0.39, 0.29) is 5.56 Å². The Balaban J connectivity index is 3.01. The predicted octanol–water partition coefficient (Wildman–Crippen LogP) is 1.46. The minimum absolute atomic E-state index is 0.116. The van der Waals surface area contributed by atoms with Crippen LogP contribution >= 0.6 is 0 Å². The van der Waals surface area contributed by atoms with E-state index in [0.29, 0.717) is 0 Å². The van der Waals surface area contributed by atoms with Gasteiger partial charge in [-0.05, 0) is 6.08 Å². The second kappa shape index (κ2) is 3.99. The molecule has 6 heteroatoms. The van der Waals surface area contributed by atoms with Crippen molar-refractivity contribution < 1.29 is 18.7 Å². The van der Waals surface area contributed by atoms with Crippen molar-refractivity contribution in [3.05, 3.63) is 23.5 Å². The molecule has 0 aromatic carbocycles. The summed E-state index contributed by atoms with van der Waals surface area (Å²) in [4.78, 5) is 10.2. The number of nitrogens with zero attached hydrogens (tertiary/aromatic N) is 2. The van der Waals surface area contributed by atoms with Crippen molar-refractivity contribution >= 4 is 12.0 Å². The van der Waals surface area contributed by atoms with Gasteiger partial charge in [0.2, 0.25) is 0 Å². The third kappa shape index (κ3) is 2.38. The highest BCUT2D eigenvalue weighted by molar-refractivity contribution is 5.85. The molecule has 1 N–H and O–H groups in total. The highest BCUT2D eigenvalue weighted by Gasteiger charge is 2.15. The Hall–Kier alpha value is -1.72. The van der Waals surface area contributed by atoms with E-state index in [1.165, 1.54) is 17.9 Å². The standard InChI is InChI=1S/C8H8F2N2O2/c1-12-4-5(2-3-6(13)14)7(11-12)8(9)10/h2-4,8H,1H3,(H,13,14)/b3-2+. The number of carboxylic acids is 1. The quantitative estimate of drug-likeness (QED) is 0.755. The number of alkyl halides is 2. The zero-order chi connectivity index (χ0) is 10.7.